The summed E-state index contributed by atoms with van der Waals surface area (Å²) in [5.74, 6) is 0.800. The number of ether oxygens (including phenoxy) is 1. The summed E-state index contributed by atoms with van der Waals surface area (Å²) >= 11 is 0. The van der Waals surface area contributed by atoms with Gasteiger partial charge in [-0.15, -0.1) is 0 Å². The molecule has 1 rings (SSSR count). The van der Waals surface area contributed by atoms with Crippen molar-refractivity contribution in [3.05, 3.63) is 29.8 Å². The van der Waals surface area contributed by atoms with Crippen LogP contribution >= 0.6 is 0 Å². The van der Waals surface area contributed by atoms with Gasteiger partial charge in [0.05, 0.1) is 12.8 Å². The fourth-order valence-electron chi connectivity index (χ4n) is 1.36. The van der Waals surface area contributed by atoms with Crippen molar-refractivity contribution in [3.8, 4) is 5.75 Å². The molecule has 88 valence electrons. The van der Waals surface area contributed by atoms with Gasteiger partial charge in [0.25, 0.3) is 0 Å². The fourth-order valence-corrected chi connectivity index (χ4v) is 1.36. The molecule has 0 aliphatic carbocycles. The monoisotopic (exact) mass is 222 g/mol. The lowest BCUT2D eigenvalue weighted by Crippen LogP contribution is -2.17. The first-order chi connectivity index (χ1) is 7.67. The van der Waals surface area contributed by atoms with Crippen LogP contribution in [0.3, 0.4) is 0 Å². The molecule has 0 aromatic heterocycles. The molecule has 1 N–H and O–H groups in total. The number of rotatable bonds is 5. The van der Waals surface area contributed by atoms with Gasteiger partial charge in [0.1, 0.15) is 5.75 Å². The molecule has 0 fully saturated rings. The Labute approximate surface area is 96.1 Å². The molecule has 0 radical (unpaired) electrons. The van der Waals surface area contributed by atoms with Crippen LogP contribution in [0.5, 0.6) is 5.75 Å². The van der Waals surface area contributed by atoms with E-state index in [2.05, 4.69) is 10.1 Å². The van der Waals surface area contributed by atoms with Gasteiger partial charge in [-0.25, -0.2) is 0 Å². The molecule has 0 spiro atoms. The summed E-state index contributed by atoms with van der Waals surface area (Å²) in [5.41, 5.74) is 1.61. The lowest BCUT2D eigenvalue weighted by atomic mass is 10.1. The van der Waals surface area contributed by atoms with E-state index in [4.69, 9.17) is 9.94 Å². The van der Waals surface area contributed by atoms with Crippen molar-refractivity contribution in [3.63, 3.8) is 0 Å². The van der Waals surface area contributed by atoms with Crippen LogP contribution in [0.2, 0.25) is 0 Å². The highest BCUT2D eigenvalue weighted by Gasteiger charge is 2.05. The number of benzene rings is 1. The second kappa shape index (κ2) is 6.12. The minimum atomic E-state index is 0.691. The highest BCUT2D eigenvalue weighted by Crippen LogP contribution is 2.13. The highest BCUT2D eigenvalue weighted by atomic mass is 16.5. The van der Waals surface area contributed by atoms with E-state index in [9.17, 15) is 0 Å². The summed E-state index contributed by atoms with van der Waals surface area (Å²) in [6.45, 7) is 0.853. The number of hydrogen-bond acceptors (Lipinski definition) is 4. The lowest BCUT2D eigenvalue weighted by Gasteiger charge is -2.10. The molecule has 4 nitrogen and oxygen atoms in total. The first-order valence-corrected chi connectivity index (χ1v) is 5.17. The summed E-state index contributed by atoms with van der Waals surface area (Å²) in [7, 11) is 5.61. The molecule has 1 aromatic rings. The fraction of sp³-hybridized carbons (Fsp3) is 0.417. The average Bonchev–Trinajstić information content (AvgIpc) is 2.30. The SMILES string of the molecule is COc1ccc(C(CCN(C)C)=NO)cc1. The molecular weight excluding hydrogens is 204 g/mol. The van der Waals surface area contributed by atoms with Crippen LogP contribution in [0, 0.1) is 0 Å². The Kier molecular flexibility index (Phi) is 4.79. The molecule has 0 heterocycles. The minimum absolute atomic E-state index is 0.691. The van der Waals surface area contributed by atoms with E-state index in [1.165, 1.54) is 0 Å². The predicted octanol–water partition coefficient (Wildman–Crippen LogP) is 1.83. The van der Waals surface area contributed by atoms with Gasteiger partial charge in [-0.2, -0.15) is 0 Å². The maximum Gasteiger partial charge on any atom is 0.118 e. The molecule has 0 atom stereocenters. The zero-order chi connectivity index (χ0) is 12.0. The predicted molar refractivity (Wildman–Crippen MR) is 64.5 cm³/mol. The summed E-state index contributed by atoms with van der Waals surface area (Å²) in [6.07, 6.45) is 0.718. The Morgan fingerprint density at radius 1 is 1.31 bits per heavy atom. The van der Waals surface area contributed by atoms with E-state index >= 15 is 0 Å². The highest BCUT2D eigenvalue weighted by molar-refractivity contribution is 6.00. The standard InChI is InChI=1S/C12H18N2O2/c1-14(2)9-8-12(13-15)10-4-6-11(16-3)7-5-10/h4-7,15H,8-9H2,1-3H3. The number of oxime groups is 1. The second-order valence-electron chi connectivity index (χ2n) is 3.83. The molecule has 0 saturated heterocycles. The van der Waals surface area contributed by atoms with Gasteiger partial charge in [-0.3, -0.25) is 0 Å². The number of nitrogens with zero attached hydrogens (tertiary/aromatic N) is 2. The summed E-state index contributed by atoms with van der Waals surface area (Å²) < 4.78 is 5.07. The van der Waals surface area contributed by atoms with Gasteiger partial charge < -0.3 is 14.8 Å². The molecule has 0 aliphatic heterocycles. The molecule has 1 aromatic carbocycles. The Morgan fingerprint density at radius 3 is 2.38 bits per heavy atom. The third kappa shape index (κ3) is 3.55. The van der Waals surface area contributed by atoms with Gasteiger partial charge in [0.2, 0.25) is 0 Å². The molecule has 0 aliphatic rings. The Hall–Kier alpha value is -1.55. The minimum Gasteiger partial charge on any atom is -0.497 e. The summed E-state index contributed by atoms with van der Waals surface area (Å²) in [6, 6.07) is 7.50. The molecule has 4 heteroatoms. The van der Waals surface area contributed by atoms with Crippen LogP contribution in [-0.2, 0) is 0 Å². The van der Waals surface area contributed by atoms with Crippen molar-refractivity contribution in [2.45, 2.75) is 6.42 Å². The number of hydrogen-bond donors (Lipinski definition) is 1. The quantitative estimate of drug-likeness (QED) is 0.469. The van der Waals surface area contributed by atoms with Crippen LogP contribution < -0.4 is 4.74 Å². The van der Waals surface area contributed by atoms with E-state index in [0.29, 0.717) is 5.71 Å². The summed E-state index contributed by atoms with van der Waals surface area (Å²) in [5, 5.41) is 12.3. The van der Waals surface area contributed by atoms with Crippen molar-refractivity contribution in [1.82, 2.24) is 4.90 Å². The van der Waals surface area contributed by atoms with Crippen molar-refractivity contribution in [1.29, 1.82) is 0 Å². The Morgan fingerprint density at radius 2 is 1.94 bits per heavy atom. The largest absolute Gasteiger partial charge is 0.497 e. The molecule has 0 unspecified atom stereocenters. The molecule has 16 heavy (non-hydrogen) atoms. The van der Waals surface area contributed by atoms with E-state index in [1.807, 2.05) is 38.4 Å². The molecule has 0 amide bonds. The lowest BCUT2D eigenvalue weighted by molar-refractivity contribution is 0.316. The molecule has 0 saturated carbocycles. The smallest absolute Gasteiger partial charge is 0.118 e. The third-order valence-electron chi connectivity index (χ3n) is 2.34. The number of methoxy groups -OCH3 is 1. The Balaban J connectivity index is 2.72. The van der Waals surface area contributed by atoms with Gasteiger partial charge in [-0.1, -0.05) is 5.16 Å². The first kappa shape index (κ1) is 12.5. The van der Waals surface area contributed by atoms with Crippen molar-refractivity contribution in [2.24, 2.45) is 5.16 Å². The topological polar surface area (TPSA) is 45.1 Å². The maximum absolute atomic E-state index is 8.96. The second-order valence-corrected chi connectivity index (χ2v) is 3.83. The maximum atomic E-state index is 8.96. The van der Waals surface area contributed by atoms with Crippen molar-refractivity contribution in [2.75, 3.05) is 27.7 Å². The zero-order valence-corrected chi connectivity index (χ0v) is 9.97. The van der Waals surface area contributed by atoms with Crippen LogP contribution in [0.25, 0.3) is 0 Å². The van der Waals surface area contributed by atoms with Crippen LogP contribution in [0.15, 0.2) is 29.4 Å². The Bertz CT molecular complexity index is 345. The van der Waals surface area contributed by atoms with Crippen LogP contribution in [0.1, 0.15) is 12.0 Å². The van der Waals surface area contributed by atoms with E-state index in [0.717, 1.165) is 24.3 Å². The first-order valence-electron chi connectivity index (χ1n) is 5.17. The molecule has 0 bridgehead atoms. The third-order valence-corrected chi connectivity index (χ3v) is 2.34. The normalized spacial score (nSPS) is 11.9. The average molecular weight is 222 g/mol. The molecular formula is C12H18N2O2. The van der Waals surface area contributed by atoms with Gasteiger partial charge in [0.15, 0.2) is 0 Å². The van der Waals surface area contributed by atoms with Gasteiger partial charge in [-0.05, 0) is 43.9 Å². The van der Waals surface area contributed by atoms with Gasteiger partial charge in [0, 0.05) is 13.0 Å². The van der Waals surface area contributed by atoms with Crippen molar-refractivity contribution < 1.29 is 9.94 Å². The van der Waals surface area contributed by atoms with E-state index in [1.54, 1.807) is 7.11 Å². The zero-order valence-electron chi connectivity index (χ0n) is 9.97. The van der Waals surface area contributed by atoms with Crippen molar-refractivity contribution >= 4 is 5.71 Å². The van der Waals surface area contributed by atoms with Crippen LogP contribution in [0.4, 0.5) is 0 Å². The van der Waals surface area contributed by atoms with E-state index in [-0.39, 0.29) is 0 Å². The summed E-state index contributed by atoms with van der Waals surface area (Å²) in [4.78, 5) is 2.05. The van der Waals surface area contributed by atoms with E-state index < -0.39 is 0 Å². The van der Waals surface area contributed by atoms with Gasteiger partial charge >= 0.3 is 0 Å². The van der Waals surface area contributed by atoms with Crippen LogP contribution in [-0.4, -0.2) is 43.6 Å².